The van der Waals surface area contributed by atoms with Crippen LogP contribution in [0.25, 0.3) is 0 Å². The molecule has 1 rings (SSSR count). The number of rotatable bonds is 3. The molecule has 2 N–H and O–H groups in total. The van der Waals surface area contributed by atoms with E-state index in [1.807, 2.05) is 0 Å². The normalized spacial score (nSPS) is 9.31. The molecule has 0 bridgehead atoms. The van der Waals surface area contributed by atoms with Gasteiger partial charge in [-0.15, -0.1) is 6.58 Å². The van der Waals surface area contributed by atoms with Crippen molar-refractivity contribution in [2.45, 2.75) is 6.92 Å². The monoisotopic (exact) mass is 181 g/mol. The molecule has 5 heteroatoms. The van der Waals surface area contributed by atoms with E-state index < -0.39 is 0 Å². The third-order valence-corrected chi connectivity index (χ3v) is 1.41. The lowest BCUT2D eigenvalue weighted by Crippen LogP contribution is -2.28. The maximum Gasteiger partial charge on any atom is 0.319 e. The fourth-order valence-electron chi connectivity index (χ4n) is 0.750. The number of carbonyl (C=O) groups is 1. The van der Waals surface area contributed by atoms with Crippen molar-refractivity contribution >= 4 is 11.7 Å². The smallest absolute Gasteiger partial charge is 0.319 e. The molecule has 0 aliphatic rings. The maximum atomic E-state index is 11.1. The number of anilines is 1. The predicted octanol–water partition coefficient (Wildman–Crippen LogP) is 1.29. The van der Waals surface area contributed by atoms with Crippen molar-refractivity contribution in [1.29, 1.82) is 0 Å². The van der Waals surface area contributed by atoms with E-state index >= 15 is 0 Å². The molecule has 1 aromatic heterocycles. The highest BCUT2D eigenvalue weighted by Gasteiger charge is 2.05. The second-order valence-corrected chi connectivity index (χ2v) is 2.42. The lowest BCUT2D eigenvalue weighted by molar-refractivity contribution is 0.253. The topological polar surface area (TPSA) is 67.2 Å². The van der Waals surface area contributed by atoms with Crippen LogP contribution in [0.2, 0.25) is 0 Å². The number of hydrogen-bond acceptors (Lipinski definition) is 3. The van der Waals surface area contributed by atoms with E-state index in [4.69, 9.17) is 4.52 Å². The molecule has 5 nitrogen and oxygen atoms in total. The van der Waals surface area contributed by atoms with Crippen LogP contribution >= 0.6 is 0 Å². The van der Waals surface area contributed by atoms with Crippen molar-refractivity contribution in [3.8, 4) is 0 Å². The third kappa shape index (κ3) is 2.62. The van der Waals surface area contributed by atoms with Crippen LogP contribution in [0.3, 0.4) is 0 Å². The Balaban J connectivity index is 2.45. The minimum atomic E-state index is -0.300. The number of nitrogens with zero attached hydrogens (tertiary/aromatic N) is 1. The van der Waals surface area contributed by atoms with Gasteiger partial charge in [-0.1, -0.05) is 11.2 Å². The summed E-state index contributed by atoms with van der Waals surface area (Å²) in [6.45, 7) is 5.62. The highest BCUT2D eigenvalue weighted by molar-refractivity contribution is 5.89. The van der Waals surface area contributed by atoms with E-state index in [2.05, 4.69) is 22.4 Å². The first-order chi connectivity index (χ1) is 6.24. The summed E-state index contributed by atoms with van der Waals surface area (Å²) in [4.78, 5) is 11.1. The van der Waals surface area contributed by atoms with Crippen LogP contribution in [0.1, 0.15) is 5.76 Å². The van der Waals surface area contributed by atoms with Gasteiger partial charge < -0.3 is 15.2 Å². The fraction of sp³-hybridized carbons (Fsp3) is 0.250. The van der Waals surface area contributed by atoms with Crippen molar-refractivity contribution in [1.82, 2.24) is 10.5 Å². The number of aromatic nitrogens is 1. The Morgan fingerprint density at radius 1 is 1.85 bits per heavy atom. The summed E-state index contributed by atoms with van der Waals surface area (Å²) in [5, 5.41) is 8.65. The molecule has 1 aromatic rings. The standard InChI is InChI=1S/C8H11N3O2/c1-3-4-9-8(12)11-7-5-10-13-6(7)2/h3,5H,1,4H2,2H3,(H2,9,11,12). The lowest BCUT2D eigenvalue weighted by Gasteiger charge is -2.02. The number of carbonyl (C=O) groups excluding carboxylic acids is 1. The van der Waals surface area contributed by atoms with Gasteiger partial charge in [0.05, 0.1) is 6.20 Å². The van der Waals surface area contributed by atoms with Crippen LogP contribution in [0, 0.1) is 6.92 Å². The molecule has 0 atom stereocenters. The summed E-state index contributed by atoms with van der Waals surface area (Å²) >= 11 is 0. The lowest BCUT2D eigenvalue weighted by atomic mass is 10.4. The Bertz CT molecular complexity index is 306. The molecule has 0 aliphatic carbocycles. The molecule has 0 unspecified atom stereocenters. The zero-order chi connectivity index (χ0) is 9.68. The number of nitrogens with one attached hydrogen (secondary N) is 2. The van der Waals surface area contributed by atoms with Crippen molar-refractivity contribution in [2.75, 3.05) is 11.9 Å². The number of aryl methyl sites for hydroxylation is 1. The van der Waals surface area contributed by atoms with Crippen LogP contribution in [0.4, 0.5) is 10.5 Å². The second-order valence-electron chi connectivity index (χ2n) is 2.42. The summed E-state index contributed by atoms with van der Waals surface area (Å²) in [6.07, 6.45) is 3.04. The Hall–Kier alpha value is -1.78. The number of urea groups is 1. The highest BCUT2D eigenvalue weighted by Crippen LogP contribution is 2.11. The summed E-state index contributed by atoms with van der Waals surface area (Å²) in [5.41, 5.74) is 0.571. The van der Waals surface area contributed by atoms with Crippen LogP contribution < -0.4 is 10.6 Å². The largest absolute Gasteiger partial charge is 0.359 e. The van der Waals surface area contributed by atoms with Gasteiger partial charge in [-0.05, 0) is 6.92 Å². The van der Waals surface area contributed by atoms with Gasteiger partial charge in [0.15, 0.2) is 5.76 Å². The second kappa shape index (κ2) is 4.30. The molecular weight excluding hydrogens is 170 g/mol. The summed E-state index contributed by atoms with van der Waals surface area (Å²) in [7, 11) is 0. The predicted molar refractivity (Wildman–Crippen MR) is 48.5 cm³/mol. The highest BCUT2D eigenvalue weighted by atomic mass is 16.5. The summed E-state index contributed by atoms with van der Waals surface area (Å²) in [6, 6.07) is -0.300. The van der Waals surface area contributed by atoms with Gasteiger partial charge in [-0.3, -0.25) is 0 Å². The van der Waals surface area contributed by atoms with Crippen LogP contribution in [0.15, 0.2) is 23.4 Å². The summed E-state index contributed by atoms with van der Waals surface area (Å²) in [5.74, 6) is 0.578. The van der Waals surface area contributed by atoms with Gasteiger partial charge in [0.2, 0.25) is 0 Å². The molecule has 0 aliphatic heterocycles. The molecule has 0 radical (unpaired) electrons. The number of hydrogen-bond donors (Lipinski definition) is 2. The van der Waals surface area contributed by atoms with E-state index in [1.165, 1.54) is 6.20 Å². The van der Waals surface area contributed by atoms with E-state index in [-0.39, 0.29) is 6.03 Å². The minimum Gasteiger partial charge on any atom is -0.359 e. The molecule has 2 amide bonds. The van der Waals surface area contributed by atoms with Crippen molar-refractivity contribution in [2.24, 2.45) is 0 Å². The van der Waals surface area contributed by atoms with Gasteiger partial charge in [0, 0.05) is 6.54 Å². The van der Waals surface area contributed by atoms with Crippen LogP contribution in [-0.4, -0.2) is 17.7 Å². The molecule has 1 heterocycles. The van der Waals surface area contributed by atoms with E-state index in [0.717, 1.165) is 0 Å². The zero-order valence-electron chi connectivity index (χ0n) is 7.33. The van der Waals surface area contributed by atoms with E-state index in [9.17, 15) is 4.79 Å². The van der Waals surface area contributed by atoms with E-state index in [1.54, 1.807) is 13.0 Å². The van der Waals surface area contributed by atoms with Gasteiger partial charge in [0.1, 0.15) is 5.69 Å². The zero-order valence-corrected chi connectivity index (χ0v) is 7.33. The van der Waals surface area contributed by atoms with Crippen LogP contribution in [-0.2, 0) is 0 Å². The fourth-order valence-corrected chi connectivity index (χ4v) is 0.750. The maximum absolute atomic E-state index is 11.1. The SMILES string of the molecule is C=CCNC(=O)Nc1cnoc1C. The van der Waals surface area contributed by atoms with Crippen molar-refractivity contribution < 1.29 is 9.32 Å². The molecule has 70 valence electrons. The number of amides is 2. The average Bonchev–Trinajstić information content (AvgIpc) is 2.48. The minimum absolute atomic E-state index is 0.300. The first-order valence-corrected chi connectivity index (χ1v) is 3.81. The first-order valence-electron chi connectivity index (χ1n) is 3.81. The quantitative estimate of drug-likeness (QED) is 0.690. The Morgan fingerprint density at radius 3 is 3.15 bits per heavy atom. The van der Waals surface area contributed by atoms with Gasteiger partial charge >= 0.3 is 6.03 Å². The average molecular weight is 181 g/mol. The van der Waals surface area contributed by atoms with Crippen LogP contribution in [0.5, 0.6) is 0 Å². The van der Waals surface area contributed by atoms with Crippen molar-refractivity contribution in [3.05, 3.63) is 24.6 Å². The Morgan fingerprint density at radius 2 is 2.62 bits per heavy atom. The van der Waals surface area contributed by atoms with Gasteiger partial charge in [-0.2, -0.15) is 0 Å². The van der Waals surface area contributed by atoms with Crippen molar-refractivity contribution in [3.63, 3.8) is 0 Å². The molecular formula is C8H11N3O2. The molecule has 0 spiro atoms. The Labute approximate surface area is 75.8 Å². The Kier molecular flexibility index (Phi) is 3.08. The van der Waals surface area contributed by atoms with Gasteiger partial charge in [-0.25, -0.2) is 4.79 Å². The summed E-state index contributed by atoms with van der Waals surface area (Å²) < 4.78 is 4.76. The van der Waals surface area contributed by atoms with Gasteiger partial charge in [0.25, 0.3) is 0 Å². The molecule has 0 saturated heterocycles. The first kappa shape index (κ1) is 9.31. The molecule has 13 heavy (non-hydrogen) atoms. The molecule has 0 aromatic carbocycles. The van der Waals surface area contributed by atoms with E-state index in [0.29, 0.717) is 18.0 Å². The molecule has 0 fully saturated rings. The molecule has 0 saturated carbocycles. The third-order valence-electron chi connectivity index (χ3n) is 1.41.